The fourth-order valence-electron chi connectivity index (χ4n) is 1.60. The highest BCUT2D eigenvalue weighted by atomic mass is 79.9. The minimum atomic E-state index is 0.412. The number of thiol groups is 1. The molecule has 0 aliphatic carbocycles. The van der Waals surface area contributed by atoms with E-state index in [1.54, 1.807) is 12.4 Å². The predicted octanol–water partition coefficient (Wildman–Crippen LogP) is 3.11. The van der Waals surface area contributed by atoms with Gasteiger partial charge in [-0.2, -0.15) is 12.6 Å². The molecule has 0 aliphatic rings. The molecule has 0 spiro atoms. The molecular formula is C14H15BrN2O2S. The molecule has 0 atom stereocenters. The lowest BCUT2D eigenvalue weighted by Crippen LogP contribution is -2.05. The summed E-state index contributed by atoms with van der Waals surface area (Å²) in [6.07, 6.45) is 4.21. The standard InChI is InChI=1S/C14H15BrN2O2S/c15-12-8-16-14(17-9-12)7-11-1-3-13(4-2-11)19-6-5-18-10-20/h1-4,8-9,20H,5-7,10H2. The summed E-state index contributed by atoms with van der Waals surface area (Å²) >= 11 is 7.27. The van der Waals surface area contributed by atoms with Crippen LogP contribution in [0.4, 0.5) is 0 Å². The van der Waals surface area contributed by atoms with Gasteiger partial charge in [0.25, 0.3) is 0 Å². The second-order valence-electron chi connectivity index (χ2n) is 4.02. The summed E-state index contributed by atoms with van der Waals surface area (Å²) in [7, 11) is 0. The van der Waals surface area contributed by atoms with E-state index >= 15 is 0 Å². The molecule has 0 fully saturated rings. The van der Waals surface area contributed by atoms with Gasteiger partial charge in [0.1, 0.15) is 18.2 Å². The van der Waals surface area contributed by atoms with Gasteiger partial charge in [-0.25, -0.2) is 9.97 Å². The Bertz CT molecular complexity index is 520. The zero-order chi connectivity index (χ0) is 14.2. The highest BCUT2D eigenvalue weighted by Gasteiger charge is 2.00. The van der Waals surface area contributed by atoms with E-state index < -0.39 is 0 Å². The van der Waals surface area contributed by atoms with Gasteiger partial charge in [-0.1, -0.05) is 12.1 Å². The Labute approximate surface area is 132 Å². The molecule has 0 unspecified atom stereocenters. The van der Waals surface area contributed by atoms with E-state index in [2.05, 4.69) is 38.5 Å². The average molecular weight is 355 g/mol. The van der Waals surface area contributed by atoms with Crippen LogP contribution in [0.15, 0.2) is 41.1 Å². The van der Waals surface area contributed by atoms with Crippen molar-refractivity contribution >= 4 is 28.6 Å². The molecule has 6 heteroatoms. The summed E-state index contributed by atoms with van der Waals surface area (Å²) in [6.45, 7) is 1.06. The van der Waals surface area contributed by atoms with E-state index in [0.29, 0.717) is 25.6 Å². The molecule has 0 saturated heterocycles. The molecule has 1 aromatic heterocycles. The Hall–Kier alpha value is -1.11. The third-order valence-electron chi connectivity index (χ3n) is 2.55. The van der Waals surface area contributed by atoms with Gasteiger partial charge in [0, 0.05) is 18.8 Å². The Kier molecular flexibility index (Phi) is 6.29. The minimum Gasteiger partial charge on any atom is -0.491 e. The lowest BCUT2D eigenvalue weighted by Gasteiger charge is -2.07. The molecule has 2 rings (SSSR count). The monoisotopic (exact) mass is 354 g/mol. The van der Waals surface area contributed by atoms with Gasteiger partial charge in [-0.15, -0.1) is 0 Å². The summed E-state index contributed by atoms with van der Waals surface area (Å²) in [5, 5.41) is 0. The first-order valence-corrected chi connectivity index (χ1v) is 7.57. The molecule has 2 aromatic rings. The second-order valence-corrected chi connectivity index (χ2v) is 5.20. The average Bonchev–Trinajstić information content (AvgIpc) is 2.48. The molecule has 0 amide bonds. The van der Waals surface area contributed by atoms with Crippen molar-refractivity contribution < 1.29 is 9.47 Å². The van der Waals surface area contributed by atoms with E-state index in [4.69, 9.17) is 9.47 Å². The molecule has 0 bridgehead atoms. The topological polar surface area (TPSA) is 44.2 Å². The van der Waals surface area contributed by atoms with Crippen LogP contribution in [-0.2, 0) is 11.2 Å². The van der Waals surface area contributed by atoms with E-state index in [0.717, 1.165) is 21.6 Å². The minimum absolute atomic E-state index is 0.412. The number of aromatic nitrogens is 2. The number of hydrogen-bond donors (Lipinski definition) is 1. The maximum absolute atomic E-state index is 5.53. The van der Waals surface area contributed by atoms with E-state index in [1.807, 2.05) is 24.3 Å². The van der Waals surface area contributed by atoms with Crippen molar-refractivity contribution in [1.82, 2.24) is 9.97 Å². The summed E-state index contributed by atoms with van der Waals surface area (Å²) < 4.78 is 11.5. The van der Waals surface area contributed by atoms with Crippen molar-refractivity contribution in [3.63, 3.8) is 0 Å². The predicted molar refractivity (Wildman–Crippen MR) is 84.3 cm³/mol. The third-order valence-corrected chi connectivity index (χ3v) is 3.14. The van der Waals surface area contributed by atoms with Crippen LogP contribution in [0.3, 0.4) is 0 Å². The first kappa shape index (κ1) is 15.3. The zero-order valence-electron chi connectivity index (χ0n) is 10.8. The van der Waals surface area contributed by atoms with Gasteiger partial charge in [0.05, 0.1) is 17.0 Å². The molecule has 0 aliphatic heterocycles. The summed E-state index contributed by atoms with van der Waals surface area (Å²) in [5.74, 6) is 2.03. The maximum atomic E-state index is 5.53. The quantitative estimate of drug-likeness (QED) is 0.471. The van der Waals surface area contributed by atoms with Crippen molar-refractivity contribution in [2.75, 3.05) is 19.2 Å². The summed E-state index contributed by atoms with van der Waals surface area (Å²) in [5.41, 5.74) is 1.14. The number of nitrogens with zero attached hydrogens (tertiary/aromatic N) is 2. The highest BCUT2D eigenvalue weighted by molar-refractivity contribution is 9.10. The maximum Gasteiger partial charge on any atom is 0.132 e. The van der Waals surface area contributed by atoms with E-state index in [-0.39, 0.29) is 0 Å². The van der Waals surface area contributed by atoms with Crippen molar-refractivity contribution in [1.29, 1.82) is 0 Å². The highest BCUT2D eigenvalue weighted by Crippen LogP contribution is 2.14. The molecule has 106 valence electrons. The normalized spacial score (nSPS) is 10.5. The van der Waals surface area contributed by atoms with Gasteiger partial charge in [-0.3, -0.25) is 0 Å². The first-order chi connectivity index (χ1) is 9.78. The summed E-state index contributed by atoms with van der Waals surface area (Å²) in [6, 6.07) is 7.91. The second kappa shape index (κ2) is 8.24. The molecule has 0 N–H and O–H groups in total. The number of ether oxygens (including phenoxy) is 2. The molecule has 0 saturated carbocycles. The Morgan fingerprint density at radius 2 is 1.75 bits per heavy atom. The van der Waals surface area contributed by atoms with Crippen LogP contribution in [0.2, 0.25) is 0 Å². The Morgan fingerprint density at radius 3 is 2.40 bits per heavy atom. The van der Waals surface area contributed by atoms with Crippen LogP contribution >= 0.6 is 28.6 Å². The summed E-state index contributed by atoms with van der Waals surface area (Å²) in [4.78, 5) is 8.51. The smallest absolute Gasteiger partial charge is 0.132 e. The number of halogens is 1. The lowest BCUT2D eigenvalue weighted by atomic mass is 10.1. The number of benzene rings is 1. The zero-order valence-corrected chi connectivity index (χ0v) is 13.3. The third kappa shape index (κ3) is 5.11. The van der Waals surface area contributed by atoms with Crippen LogP contribution in [0.1, 0.15) is 11.4 Å². The Morgan fingerprint density at radius 1 is 1.05 bits per heavy atom. The van der Waals surface area contributed by atoms with Crippen molar-refractivity contribution in [2.24, 2.45) is 0 Å². The SMILES string of the molecule is SCOCCOc1ccc(Cc2ncc(Br)cn2)cc1. The largest absolute Gasteiger partial charge is 0.491 e. The van der Waals surface area contributed by atoms with E-state index in [9.17, 15) is 0 Å². The Balaban J connectivity index is 1.86. The van der Waals surface area contributed by atoms with Gasteiger partial charge in [0.2, 0.25) is 0 Å². The fourth-order valence-corrected chi connectivity index (χ4v) is 1.93. The van der Waals surface area contributed by atoms with Crippen LogP contribution in [0.5, 0.6) is 5.75 Å². The van der Waals surface area contributed by atoms with Crippen LogP contribution in [0.25, 0.3) is 0 Å². The lowest BCUT2D eigenvalue weighted by molar-refractivity contribution is 0.136. The first-order valence-electron chi connectivity index (χ1n) is 6.14. The van der Waals surface area contributed by atoms with Crippen molar-refractivity contribution in [2.45, 2.75) is 6.42 Å². The molecule has 0 radical (unpaired) electrons. The molecule has 20 heavy (non-hydrogen) atoms. The van der Waals surface area contributed by atoms with Gasteiger partial charge < -0.3 is 9.47 Å². The van der Waals surface area contributed by atoms with E-state index in [1.165, 1.54) is 0 Å². The fraction of sp³-hybridized carbons (Fsp3) is 0.286. The molecule has 1 heterocycles. The van der Waals surface area contributed by atoms with Gasteiger partial charge >= 0.3 is 0 Å². The van der Waals surface area contributed by atoms with Crippen molar-refractivity contribution in [3.8, 4) is 5.75 Å². The van der Waals surface area contributed by atoms with Crippen molar-refractivity contribution in [3.05, 3.63) is 52.5 Å². The van der Waals surface area contributed by atoms with Crippen LogP contribution < -0.4 is 4.74 Å². The number of hydrogen-bond acceptors (Lipinski definition) is 5. The van der Waals surface area contributed by atoms with Gasteiger partial charge in [-0.05, 0) is 33.6 Å². The molecular weight excluding hydrogens is 340 g/mol. The molecule has 1 aromatic carbocycles. The van der Waals surface area contributed by atoms with Crippen LogP contribution in [0, 0.1) is 0 Å². The molecule has 4 nitrogen and oxygen atoms in total. The van der Waals surface area contributed by atoms with Crippen LogP contribution in [-0.4, -0.2) is 29.1 Å². The van der Waals surface area contributed by atoms with Gasteiger partial charge in [0.15, 0.2) is 0 Å². The number of rotatable bonds is 7.